The van der Waals surface area contributed by atoms with Gasteiger partial charge in [0.05, 0.1) is 34.2 Å². The first-order valence-corrected chi connectivity index (χ1v) is 10.6. The summed E-state index contributed by atoms with van der Waals surface area (Å²) < 4.78 is 6.27. The Morgan fingerprint density at radius 3 is 2.75 bits per heavy atom. The number of nitrogen functional groups attached to an aromatic ring is 1. The molecule has 1 atom stereocenters. The predicted octanol–water partition coefficient (Wildman–Crippen LogP) is 4.90. The maximum Gasteiger partial charge on any atom is 0.410 e. The standard InChI is InChI=1S/C19H23BrCl2N4O2/c1-19(2,3)28-18(27)25-4-5-26(11(8-21)10-25)17-12-6-14(22)13(20)7-16(12)24-9-15(17)23/h6-7,9,11H,4-5,8,10,23H2,1-3H3/t11-/m0/s1. The third-order valence-corrected chi connectivity index (χ3v) is 6.06. The highest BCUT2D eigenvalue weighted by Crippen LogP contribution is 2.38. The number of pyridine rings is 1. The van der Waals surface area contributed by atoms with Crippen molar-refractivity contribution in [3.05, 3.63) is 27.8 Å². The van der Waals surface area contributed by atoms with Gasteiger partial charge in [-0.05, 0) is 48.8 Å². The minimum absolute atomic E-state index is 0.113. The molecule has 1 fully saturated rings. The first-order valence-electron chi connectivity index (χ1n) is 8.94. The number of carbonyl (C=O) groups excluding carboxylic acids is 1. The van der Waals surface area contributed by atoms with E-state index in [9.17, 15) is 4.79 Å². The Balaban J connectivity index is 1.93. The molecule has 0 bridgehead atoms. The number of ether oxygens (including phenoxy) is 1. The van der Waals surface area contributed by atoms with Gasteiger partial charge in [-0.15, -0.1) is 11.6 Å². The van der Waals surface area contributed by atoms with E-state index in [4.69, 9.17) is 33.7 Å². The van der Waals surface area contributed by atoms with Crippen LogP contribution in [-0.4, -0.2) is 53.1 Å². The fraction of sp³-hybridized carbons (Fsp3) is 0.474. The highest BCUT2D eigenvalue weighted by Gasteiger charge is 2.33. The second-order valence-electron chi connectivity index (χ2n) is 7.77. The maximum atomic E-state index is 12.5. The number of carbonyl (C=O) groups is 1. The molecule has 9 heteroatoms. The molecule has 0 unspecified atom stereocenters. The Morgan fingerprint density at radius 1 is 1.39 bits per heavy atom. The molecule has 6 nitrogen and oxygen atoms in total. The van der Waals surface area contributed by atoms with E-state index < -0.39 is 5.60 Å². The first kappa shape index (κ1) is 21.3. The summed E-state index contributed by atoms with van der Waals surface area (Å²) in [7, 11) is 0. The number of amides is 1. The van der Waals surface area contributed by atoms with Crippen molar-refractivity contribution in [2.75, 3.05) is 36.1 Å². The fourth-order valence-corrected chi connectivity index (χ4v) is 4.04. The van der Waals surface area contributed by atoms with Crippen molar-refractivity contribution in [2.45, 2.75) is 32.4 Å². The van der Waals surface area contributed by atoms with E-state index in [1.807, 2.05) is 32.9 Å². The number of benzene rings is 1. The quantitative estimate of drug-likeness (QED) is 0.607. The molecule has 28 heavy (non-hydrogen) atoms. The van der Waals surface area contributed by atoms with Crippen LogP contribution in [0, 0.1) is 0 Å². The van der Waals surface area contributed by atoms with Gasteiger partial charge in [0.15, 0.2) is 0 Å². The molecule has 0 spiro atoms. The van der Waals surface area contributed by atoms with Crippen LogP contribution in [0.1, 0.15) is 20.8 Å². The zero-order valence-electron chi connectivity index (χ0n) is 16.0. The second-order valence-corrected chi connectivity index (χ2v) is 9.34. The van der Waals surface area contributed by atoms with Crippen LogP contribution < -0.4 is 10.6 Å². The molecule has 1 aromatic carbocycles. The average Bonchev–Trinajstić information content (AvgIpc) is 2.61. The molecule has 2 aromatic rings. The van der Waals surface area contributed by atoms with Gasteiger partial charge < -0.3 is 20.3 Å². The zero-order valence-corrected chi connectivity index (χ0v) is 19.1. The second kappa shape index (κ2) is 8.13. The third-order valence-electron chi connectivity index (χ3n) is 4.51. The van der Waals surface area contributed by atoms with Crippen molar-refractivity contribution < 1.29 is 9.53 Å². The van der Waals surface area contributed by atoms with Gasteiger partial charge in [-0.25, -0.2) is 4.79 Å². The number of nitrogens with zero attached hydrogens (tertiary/aromatic N) is 3. The van der Waals surface area contributed by atoms with Crippen LogP contribution in [0.25, 0.3) is 10.9 Å². The van der Waals surface area contributed by atoms with E-state index in [1.54, 1.807) is 11.1 Å². The molecule has 0 saturated carbocycles. The number of nitrogens with two attached hydrogens (primary N) is 1. The SMILES string of the molecule is CC(C)(C)OC(=O)N1CCN(c2c(N)cnc3cc(Br)c(Cl)cc23)[C@@H](CCl)C1. The van der Waals surface area contributed by atoms with Gasteiger partial charge >= 0.3 is 6.09 Å². The van der Waals surface area contributed by atoms with Crippen molar-refractivity contribution in [1.82, 2.24) is 9.88 Å². The van der Waals surface area contributed by atoms with Crippen molar-refractivity contribution in [2.24, 2.45) is 0 Å². The van der Waals surface area contributed by atoms with Crippen LogP contribution in [0.15, 0.2) is 22.8 Å². The van der Waals surface area contributed by atoms with Crippen molar-refractivity contribution >= 4 is 67.5 Å². The highest BCUT2D eigenvalue weighted by molar-refractivity contribution is 9.10. The van der Waals surface area contributed by atoms with E-state index in [2.05, 4.69) is 25.8 Å². The Bertz CT molecular complexity index is 904. The summed E-state index contributed by atoms with van der Waals surface area (Å²) in [6, 6.07) is 3.61. The number of rotatable bonds is 2. The summed E-state index contributed by atoms with van der Waals surface area (Å²) in [6.07, 6.45) is 1.31. The molecule has 0 aliphatic carbocycles. The molecule has 1 aromatic heterocycles. The molecule has 1 aliphatic heterocycles. The summed E-state index contributed by atoms with van der Waals surface area (Å²) in [5.41, 5.74) is 7.92. The van der Waals surface area contributed by atoms with Gasteiger partial charge in [0, 0.05) is 35.4 Å². The van der Waals surface area contributed by atoms with Crippen LogP contribution in [0.3, 0.4) is 0 Å². The molecule has 3 rings (SSSR count). The minimum Gasteiger partial charge on any atom is -0.444 e. The first-order chi connectivity index (χ1) is 13.1. The lowest BCUT2D eigenvalue weighted by atomic mass is 10.1. The number of fused-ring (bicyclic) bond motifs is 1. The van der Waals surface area contributed by atoms with Crippen LogP contribution in [-0.2, 0) is 4.74 Å². The molecule has 2 N–H and O–H groups in total. The smallest absolute Gasteiger partial charge is 0.410 e. The topological polar surface area (TPSA) is 71.7 Å². The van der Waals surface area contributed by atoms with Gasteiger partial charge in [-0.3, -0.25) is 4.98 Å². The molecule has 1 amide bonds. The Labute approximate surface area is 183 Å². The zero-order chi connectivity index (χ0) is 20.6. The van der Waals surface area contributed by atoms with Gasteiger partial charge in [0.1, 0.15) is 5.60 Å². The summed E-state index contributed by atoms with van der Waals surface area (Å²) in [4.78, 5) is 20.7. The number of anilines is 2. The highest BCUT2D eigenvalue weighted by atomic mass is 79.9. The van der Waals surface area contributed by atoms with Gasteiger partial charge in [0.2, 0.25) is 0 Å². The molecule has 1 saturated heterocycles. The van der Waals surface area contributed by atoms with Gasteiger partial charge in [0.25, 0.3) is 0 Å². The lowest BCUT2D eigenvalue weighted by Crippen LogP contribution is -2.56. The molecular formula is C19H23BrCl2N4O2. The van der Waals surface area contributed by atoms with Crippen LogP contribution in [0.4, 0.5) is 16.2 Å². The van der Waals surface area contributed by atoms with E-state index in [1.165, 1.54) is 0 Å². The van der Waals surface area contributed by atoms with E-state index in [-0.39, 0.29) is 12.1 Å². The molecule has 2 heterocycles. The van der Waals surface area contributed by atoms with Crippen LogP contribution in [0.5, 0.6) is 0 Å². The number of aromatic nitrogens is 1. The lowest BCUT2D eigenvalue weighted by molar-refractivity contribution is 0.0220. The summed E-state index contributed by atoms with van der Waals surface area (Å²) >= 11 is 16.0. The van der Waals surface area contributed by atoms with Gasteiger partial charge in [-0.1, -0.05) is 11.6 Å². The van der Waals surface area contributed by atoms with Crippen molar-refractivity contribution in [1.29, 1.82) is 0 Å². The summed E-state index contributed by atoms with van der Waals surface area (Å²) in [5, 5.41) is 1.44. The van der Waals surface area contributed by atoms with Crippen LogP contribution >= 0.6 is 39.1 Å². The van der Waals surface area contributed by atoms with E-state index in [0.29, 0.717) is 36.2 Å². The third kappa shape index (κ3) is 4.42. The number of alkyl halides is 1. The Morgan fingerprint density at radius 2 is 2.11 bits per heavy atom. The maximum absolute atomic E-state index is 12.5. The number of hydrogen-bond donors (Lipinski definition) is 1. The molecular weight excluding hydrogens is 467 g/mol. The van der Waals surface area contributed by atoms with Crippen molar-refractivity contribution in [3.63, 3.8) is 0 Å². The lowest BCUT2D eigenvalue weighted by Gasteiger charge is -2.42. The van der Waals surface area contributed by atoms with E-state index >= 15 is 0 Å². The fourth-order valence-electron chi connectivity index (χ4n) is 3.28. The number of piperazine rings is 1. The molecule has 1 aliphatic rings. The number of hydrogen-bond acceptors (Lipinski definition) is 5. The largest absolute Gasteiger partial charge is 0.444 e. The molecule has 0 radical (unpaired) electrons. The monoisotopic (exact) mass is 488 g/mol. The van der Waals surface area contributed by atoms with Crippen LogP contribution in [0.2, 0.25) is 5.02 Å². The minimum atomic E-state index is -0.541. The average molecular weight is 490 g/mol. The Hall–Kier alpha value is -1.44. The normalized spacial score (nSPS) is 17.9. The van der Waals surface area contributed by atoms with Crippen molar-refractivity contribution in [3.8, 4) is 0 Å². The van der Waals surface area contributed by atoms with E-state index in [0.717, 1.165) is 21.1 Å². The predicted molar refractivity (Wildman–Crippen MR) is 119 cm³/mol. The Kier molecular flexibility index (Phi) is 6.17. The summed E-state index contributed by atoms with van der Waals surface area (Å²) in [6.45, 7) is 7.10. The molecule has 152 valence electrons. The number of halogens is 3. The summed E-state index contributed by atoms with van der Waals surface area (Å²) in [5.74, 6) is 0.340. The van der Waals surface area contributed by atoms with Gasteiger partial charge in [-0.2, -0.15) is 0 Å².